The zero-order valence-corrected chi connectivity index (χ0v) is 11.4. The number of nitrogens with zero attached hydrogens (tertiary/aromatic N) is 1. The molecule has 1 aromatic carbocycles. The summed E-state index contributed by atoms with van der Waals surface area (Å²) in [7, 11) is 0. The van der Waals surface area contributed by atoms with Crippen LogP contribution >= 0.6 is 0 Å². The second-order valence-electron chi connectivity index (χ2n) is 5.20. The normalized spacial score (nSPS) is 11.4. The smallest absolute Gasteiger partial charge is 0.0314 e. The molecule has 0 fully saturated rings. The van der Waals surface area contributed by atoms with Crippen molar-refractivity contribution in [2.24, 2.45) is 5.92 Å². The number of anilines is 1. The third-order valence-electron chi connectivity index (χ3n) is 2.95. The van der Waals surface area contributed by atoms with Crippen LogP contribution in [0.3, 0.4) is 0 Å². The predicted molar refractivity (Wildman–Crippen MR) is 75.9 cm³/mol. The summed E-state index contributed by atoms with van der Waals surface area (Å²) < 4.78 is 0. The standard InChI is InChI=1S/C15H26N2/c1-4-10-17(11-9-13(2)3)12-14-5-7-15(16)8-6-14/h5-8,13H,4,9-12,16H2,1-3H3. The minimum Gasteiger partial charge on any atom is -0.399 e. The number of nitrogens with two attached hydrogens (primary N) is 1. The van der Waals surface area contributed by atoms with Gasteiger partial charge in [-0.05, 0) is 49.5 Å². The molecule has 1 aromatic rings. The van der Waals surface area contributed by atoms with Crippen molar-refractivity contribution in [3.05, 3.63) is 29.8 Å². The van der Waals surface area contributed by atoms with Crippen molar-refractivity contribution in [2.45, 2.75) is 40.2 Å². The first-order valence-electron chi connectivity index (χ1n) is 6.68. The Morgan fingerprint density at radius 2 is 1.76 bits per heavy atom. The van der Waals surface area contributed by atoms with E-state index in [2.05, 4.69) is 37.8 Å². The fourth-order valence-electron chi connectivity index (χ4n) is 1.91. The molecular formula is C15H26N2. The molecule has 0 heterocycles. The van der Waals surface area contributed by atoms with Gasteiger partial charge in [0, 0.05) is 12.2 Å². The van der Waals surface area contributed by atoms with E-state index in [1.54, 1.807) is 0 Å². The number of rotatable bonds is 7. The lowest BCUT2D eigenvalue weighted by atomic mass is 10.1. The molecule has 0 amide bonds. The molecule has 96 valence electrons. The first-order chi connectivity index (χ1) is 8.11. The third-order valence-corrected chi connectivity index (χ3v) is 2.95. The summed E-state index contributed by atoms with van der Waals surface area (Å²) >= 11 is 0. The van der Waals surface area contributed by atoms with Gasteiger partial charge in [-0.1, -0.05) is 32.9 Å². The van der Waals surface area contributed by atoms with Gasteiger partial charge in [0.1, 0.15) is 0 Å². The van der Waals surface area contributed by atoms with Crippen LogP contribution in [-0.2, 0) is 6.54 Å². The summed E-state index contributed by atoms with van der Waals surface area (Å²) in [5, 5.41) is 0. The molecule has 0 aliphatic rings. The summed E-state index contributed by atoms with van der Waals surface area (Å²) in [4.78, 5) is 2.53. The van der Waals surface area contributed by atoms with E-state index < -0.39 is 0 Å². The fourth-order valence-corrected chi connectivity index (χ4v) is 1.91. The zero-order chi connectivity index (χ0) is 12.7. The molecule has 0 saturated carbocycles. The van der Waals surface area contributed by atoms with E-state index in [0.29, 0.717) is 0 Å². The molecule has 2 heteroatoms. The highest BCUT2D eigenvalue weighted by Crippen LogP contribution is 2.11. The van der Waals surface area contributed by atoms with Crippen LogP contribution in [0.5, 0.6) is 0 Å². The van der Waals surface area contributed by atoms with E-state index in [0.717, 1.165) is 18.2 Å². The minimum atomic E-state index is 0.778. The quantitative estimate of drug-likeness (QED) is 0.731. The van der Waals surface area contributed by atoms with E-state index in [9.17, 15) is 0 Å². The Kier molecular flexibility index (Phi) is 6.06. The molecule has 0 aromatic heterocycles. The Balaban J connectivity index is 2.50. The summed E-state index contributed by atoms with van der Waals surface area (Å²) in [6, 6.07) is 8.24. The Morgan fingerprint density at radius 1 is 1.12 bits per heavy atom. The van der Waals surface area contributed by atoms with Gasteiger partial charge in [0.2, 0.25) is 0 Å². The van der Waals surface area contributed by atoms with Crippen molar-refractivity contribution in [3.8, 4) is 0 Å². The largest absolute Gasteiger partial charge is 0.399 e. The molecule has 2 nitrogen and oxygen atoms in total. The van der Waals surface area contributed by atoms with Gasteiger partial charge in [-0.15, -0.1) is 0 Å². The Labute approximate surface area is 106 Å². The lowest BCUT2D eigenvalue weighted by molar-refractivity contribution is 0.250. The first-order valence-corrected chi connectivity index (χ1v) is 6.68. The van der Waals surface area contributed by atoms with Crippen molar-refractivity contribution in [3.63, 3.8) is 0 Å². The number of hydrogen-bond donors (Lipinski definition) is 1. The lowest BCUT2D eigenvalue weighted by Gasteiger charge is -2.22. The van der Waals surface area contributed by atoms with E-state index >= 15 is 0 Å². The summed E-state index contributed by atoms with van der Waals surface area (Å²) in [5.74, 6) is 0.778. The van der Waals surface area contributed by atoms with Crippen LogP contribution < -0.4 is 5.73 Å². The maximum atomic E-state index is 5.70. The van der Waals surface area contributed by atoms with E-state index in [4.69, 9.17) is 5.73 Å². The molecule has 0 atom stereocenters. The fraction of sp³-hybridized carbons (Fsp3) is 0.600. The lowest BCUT2D eigenvalue weighted by Crippen LogP contribution is -2.26. The van der Waals surface area contributed by atoms with E-state index in [-0.39, 0.29) is 0 Å². The Hall–Kier alpha value is -1.02. The SMILES string of the molecule is CCCN(CCC(C)C)Cc1ccc(N)cc1. The molecule has 17 heavy (non-hydrogen) atoms. The molecular weight excluding hydrogens is 208 g/mol. The van der Waals surface area contributed by atoms with Crippen LogP contribution in [0.25, 0.3) is 0 Å². The molecule has 0 spiro atoms. The van der Waals surface area contributed by atoms with E-state index in [1.165, 1.54) is 31.5 Å². The van der Waals surface area contributed by atoms with Crippen LogP contribution in [-0.4, -0.2) is 18.0 Å². The predicted octanol–water partition coefficient (Wildman–Crippen LogP) is 3.53. The van der Waals surface area contributed by atoms with Gasteiger partial charge in [-0.3, -0.25) is 4.90 Å². The molecule has 0 bridgehead atoms. The molecule has 0 aliphatic heterocycles. The highest BCUT2D eigenvalue weighted by Gasteiger charge is 2.06. The minimum absolute atomic E-state index is 0.778. The van der Waals surface area contributed by atoms with Crippen LogP contribution in [0.15, 0.2) is 24.3 Å². The third kappa shape index (κ3) is 5.73. The van der Waals surface area contributed by atoms with Gasteiger partial charge in [-0.25, -0.2) is 0 Å². The topological polar surface area (TPSA) is 29.3 Å². The van der Waals surface area contributed by atoms with Gasteiger partial charge in [-0.2, -0.15) is 0 Å². The highest BCUT2D eigenvalue weighted by molar-refractivity contribution is 5.39. The van der Waals surface area contributed by atoms with Crippen LogP contribution in [0.1, 0.15) is 39.2 Å². The number of nitrogen functional groups attached to an aromatic ring is 1. The highest BCUT2D eigenvalue weighted by atomic mass is 15.1. The molecule has 0 aliphatic carbocycles. The second-order valence-corrected chi connectivity index (χ2v) is 5.20. The monoisotopic (exact) mass is 234 g/mol. The molecule has 1 rings (SSSR count). The number of benzene rings is 1. The first kappa shape index (κ1) is 14.0. The average molecular weight is 234 g/mol. The number of hydrogen-bond acceptors (Lipinski definition) is 2. The Morgan fingerprint density at radius 3 is 2.29 bits per heavy atom. The van der Waals surface area contributed by atoms with Crippen molar-refractivity contribution in [1.82, 2.24) is 4.90 Å². The Bertz CT molecular complexity index is 303. The van der Waals surface area contributed by atoms with Crippen LogP contribution in [0, 0.1) is 5.92 Å². The van der Waals surface area contributed by atoms with Crippen LogP contribution in [0.4, 0.5) is 5.69 Å². The molecule has 0 unspecified atom stereocenters. The van der Waals surface area contributed by atoms with Crippen molar-refractivity contribution < 1.29 is 0 Å². The summed E-state index contributed by atoms with van der Waals surface area (Å²) in [6.45, 7) is 10.2. The maximum absolute atomic E-state index is 5.70. The molecule has 2 N–H and O–H groups in total. The maximum Gasteiger partial charge on any atom is 0.0314 e. The van der Waals surface area contributed by atoms with Crippen molar-refractivity contribution in [2.75, 3.05) is 18.8 Å². The van der Waals surface area contributed by atoms with Crippen molar-refractivity contribution in [1.29, 1.82) is 0 Å². The summed E-state index contributed by atoms with van der Waals surface area (Å²) in [5.41, 5.74) is 7.90. The summed E-state index contributed by atoms with van der Waals surface area (Å²) in [6.07, 6.45) is 2.49. The zero-order valence-electron chi connectivity index (χ0n) is 11.4. The average Bonchev–Trinajstić information content (AvgIpc) is 2.29. The van der Waals surface area contributed by atoms with E-state index in [1.807, 2.05) is 12.1 Å². The van der Waals surface area contributed by atoms with Gasteiger partial charge >= 0.3 is 0 Å². The van der Waals surface area contributed by atoms with Crippen molar-refractivity contribution >= 4 is 5.69 Å². The van der Waals surface area contributed by atoms with Gasteiger partial charge in [0.05, 0.1) is 0 Å². The van der Waals surface area contributed by atoms with Crippen LogP contribution in [0.2, 0.25) is 0 Å². The second kappa shape index (κ2) is 7.33. The van der Waals surface area contributed by atoms with Gasteiger partial charge in [0.15, 0.2) is 0 Å². The molecule has 0 radical (unpaired) electrons. The molecule has 0 saturated heterocycles. The van der Waals surface area contributed by atoms with Gasteiger partial charge in [0.25, 0.3) is 0 Å². The van der Waals surface area contributed by atoms with Gasteiger partial charge < -0.3 is 5.73 Å².